The van der Waals surface area contributed by atoms with E-state index in [4.69, 9.17) is 5.11 Å². The predicted molar refractivity (Wildman–Crippen MR) is 75.8 cm³/mol. The molecule has 0 aliphatic heterocycles. The Hall–Kier alpha value is -1.71. The smallest absolute Gasteiger partial charge is 0.407 e. The first-order valence-electron chi connectivity index (χ1n) is 6.56. The van der Waals surface area contributed by atoms with Crippen molar-refractivity contribution in [1.82, 2.24) is 4.90 Å². The summed E-state index contributed by atoms with van der Waals surface area (Å²) < 4.78 is 0. The standard InChI is InChI=1S/C15H23NO3/c1-5-16(14(18)19)9-8-11-6-7-12(10-13(11)17)15(2,3)4/h6-7,10,17H,5,8-9H2,1-4H3,(H,18,19). The number of likely N-dealkylation sites (N-methyl/N-ethyl adjacent to an activating group) is 1. The van der Waals surface area contributed by atoms with Gasteiger partial charge in [-0.3, -0.25) is 0 Å². The summed E-state index contributed by atoms with van der Waals surface area (Å²) >= 11 is 0. The van der Waals surface area contributed by atoms with Crippen LogP contribution in [0.4, 0.5) is 4.79 Å². The largest absolute Gasteiger partial charge is 0.508 e. The number of hydrogen-bond acceptors (Lipinski definition) is 2. The fourth-order valence-electron chi connectivity index (χ4n) is 1.89. The quantitative estimate of drug-likeness (QED) is 0.878. The number of benzene rings is 1. The van der Waals surface area contributed by atoms with Gasteiger partial charge in [0.05, 0.1) is 0 Å². The van der Waals surface area contributed by atoms with E-state index in [0.717, 1.165) is 11.1 Å². The molecule has 0 saturated heterocycles. The molecule has 1 aromatic carbocycles. The van der Waals surface area contributed by atoms with Gasteiger partial charge in [0.2, 0.25) is 0 Å². The average molecular weight is 265 g/mol. The summed E-state index contributed by atoms with van der Waals surface area (Å²) in [4.78, 5) is 12.2. The van der Waals surface area contributed by atoms with Crippen molar-refractivity contribution in [1.29, 1.82) is 0 Å². The fraction of sp³-hybridized carbons (Fsp3) is 0.533. The van der Waals surface area contributed by atoms with Crippen LogP contribution in [0.2, 0.25) is 0 Å². The molecule has 0 saturated carbocycles. The first-order valence-corrected chi connectivity index (χ1v) is 6.56. The number of aromatic hydroxyl groups is 1. The van der Waals surface area contributed by atoms with Crippen LogP contribution in [0, 0.1) is 0 Å². The van der Waals surface area contributed by atoms with Crippen LogP contribution in [0.3, 0.4) is 0 Å². The molecule has 0 fully saturated rings. The maximum absolute atomic E-state index is 10.9. The zero-order chi connectivity index (χ0) is 14.6. The Labute approximate surface area is 114 Å². The third-order valence-corrected chi connectivity index (χ3v) is 3.25. The van der Waals surface area contributed by atoms with E-state index in [0.29, 0.717) is 19.5 Å². The highest BCUT2D eigenvalue weighted by Crippen LogP contribution is 2.28. The van der Waals surface area contributed by atoms with Crippen LogP contribution < -0.4 is 0 Å². The number of phenols is 1. The van der Waals surface area contributed by atoms with Gasteiger partial charge < -0.3 is 15.1 Å². The first-order chi connectivity index (χ1) is 8.75. The Morgan fingerprint density at radius 2 is 1.95 bits per heavy atom. The molecule has 0 aromatic heterocycles. The lowest BCUT2D eigenvalue weighted by Gasteiger charge is -2.21. The van der Waals surface area contributed by atoms with Gasteiger partial charge in [0, 0.05) is 13.1 Å². The van der Waals surface area contributed by atoms with E-state index >= 15 is 0 Å². The maximum atomic E-state index is 10.9. The normalized spacial score (nSPS) is 11.4. The Kier molecular flexibility index (Phi) is 4.81. The molecule has 1 rings (SSSR count). The number of rotatable bonds is 4. The molecular weight excluding hydrogens is 242 g/mol. The van der Waals surface area contributed by atoms with Crippen molar-refractivity contribution in [3.8, 4) is 5.75 Å². The van der Waals surface area contributed by atoms with E-state index in [1.54, 1.807) is 13.0 Å². The van der Waals surface area contributed by atoms with Crippen molar-refractivity contribution in [3.05, 3.63) is 29.3 Å². The SMILES string of the molecule is CCN(CCc1ccc(C(C)(C)C)cc1O)C(=O)O. The minimum absolute atomic E-state index is 0.00741. The van der Waals surface area contributed by atoms with Crippen molar-refractivity contribution in [2.45, 2.75) is 39.5 Å². The summed E-state index contributed by atoms with van der Waals surface area (Å²) in [6.45, 7) is 8.92. The summed E-state index contributed by atoms with van der Waals surface area (Å²) in [6.07, 6.45) is -0.399. The number of hydrogen-bond donors (Lipinski definition) is 2. The van der Waals surface area contributed by atoms with Gasteiger partial charge in [0.15, 0.2) is 0 Å². The van der Waals surface area contributed by atoms with Crippen molar-refractivity contribution in [2.75, 3.05) is 13.1 Å². The number of carbonyl (C=O) groups is 1. The zero-order valence-electron chi connectivity index (χ0n) is 12.1. The third-order valence-electron chi connectivity index (χ3n) is 3.25. The van der Waals surface area contributed by atoms with E-state index in [1.165, 1.54) is 4.90 Å². The van der Waals surface area contributed by atoms with E-state index in [9.17, 15) is 9.90 Å². The topological polar surface area (TPSA) is 60.8 Å². The predicted octanol–water partition coefficient (Wildman–Crippen LogP) is 3.23. The van der Waals surface area contributed by atoms with Crippen LogP contribution in [0.1, 0.15) is 38.8 Å². The van der Waals surface area contributed by atoms with Gasteiger partial charge >= 0.3 is 6.09 Å². The summed E-state index contributed by atoms with van der Waals surface area (Å²) in [5, 5.41) is 18.9. The second kappa shape index (κ2) is 5.95. The Morgan fingerprint density at radius 3 is 2.37 bits per heavy atom. The van der Waals surface area contributed by atoms with E-state index in [1.807, 2.05) is 12.1 Å². The summed E-state index contributed by atoms with van der Waals surface area (Å²) in [7, 11) is 0. The minimum atomic E-state index is -0.923. The second-order valence-corrected chi connectivity index (χ2v) is 5.71. The molecule has 0 radical (unpaired) electrons. The van der Waals surface area contributed by atoms with Crippen molar-refractivity contribution >= 4 is 6.09 Å². The van der Waals surface area contributed by atoms with Crippen LogP contribution in [0.5, 0.6) is 5.75 Å². The van der Waals surface area contributed by atoms with Gasteiger partial charge in [-0.25, -0.2) is 4.79 Å². The molecule has 0 heterocycles. The Morgan fingerprint density at radius 1 is 1.32 bits per heavy atom. The molecule has 1 amide bonds. The van der Waals surface area contributed by atoms with Crippen LogP contribution in [-0.4, -0.2) is 34.3 Å². The molecule has 2 N–H and O–H groups in total. The number of phenolic OH excluding ortho intramolecular Hbond substituents is 1. The van der Waals surface area contributed by atoms with Crippen LogP contribution in [0.25, 0.3) is 0 Å². The average Bonchev–Trinajstić information content (AvgIpc) is 2.29. The van der Waals surface area contributed by atoms with E-state index in [2.05, 4.69) is 20.8 Å². The number of nitrogens with zero attached hydrogens (tertiary/aromatic N) is 1. The number of carboxylic acid groups (broad SMARTS) is 1. The number of amides is 1. The molecular formula is C15H23NO3. The lowest BCUT2D eigenvalue weighted by molar-refractivity contribution is 0.148. The van der Waals surface area contributed by atoms with Gasteiger partial charge in [0.25, 0.3) is 0 Å². The Balaban J connectivity index is 2.78. The van der Waals surface area contributed by atoms with Crippen molar-refractivity contribution < 1.29 is 15.0 Å². The molecule has 0 atom stereocenters. The molecule has 0 aliphatic carbocycles. The third kappa shape index (κ3) is 4.16. The lowest BCUT2D eigenvalue weighted by Crippen LogP contribution is -2.31. The van der Waals surface area contributed by atoms with Crippen LogP contribution >= 0.6 is 0 Å². The monoisotopic (exact) mass is 265 g/mol. The highest BCUT2D eigenvalue weighted by atomic mass is 16.4. The molecule has 1 aromatic rings. The first kappa shape index (κ1) is 15.3. The summed E-state index contributed by atoms with van der Waals surface area (Å²) in [5.41, 5.74) is 1.85. The van der Waals surface area contributed by atoms with Crippen molar-refractivity contribution in [3.63, 3.8) is 0 Å². The highest BCUT2D eigenvalue weighted by Gasteiger charge is 2.16. The zero-order valence-corrected chi connectivity index (χ0v) is 12.1. The van der Waals surface area contributed by atoms with E-state index < -0.39 is 6.09 Å². The van der Waals surface area contributed by atoms with Gasteiger partial charge in [-0.1, -0.05) is 32.9 Å². The highest BCUT2D eigenvalue weighted by molar-refractivity contribution is 5.64. The maximum Gasteiger partial charge on any atom is 0.407 e. The fourth-order valence-corrected chi connectivity index (χ4v) is 1.89. The van der Waals surface area contributed by atoms with Gasteiger partial charge in [0.1, 0.15) is 5.75 Å². The molecule has 0 bridgehead atoms. The van der Waals surface area contributed by atoms with Gasteiger partial charge in [-0.15, -0.1) is 0 Å². The molecule has 0 unspecified atom stereocenters. The molecule has 19 heavy (non-hydrogen) atoms. The molecule has 4 nitrogen and oxygen atoms in total. The van der Waals surface area contributed by atoms with Crippen LogP contribution in [0.15, 0.2) is 18.2 Å². The molecule has 0 spiro atoms. The lowest BCUT2D eigenvalue weighted by atomic mass is 9.86. The molecule has 4 heteroatoms. The van der Waals surface area contributed by atoms with Crippen molar-refractivity contribution in [2.24, 2.45) is 0 Å². The Bertz CT molecular complexity index is 449. The summed E-state index contributed by atoms with van der Waals surface area (Å²) in [6, 6.07) is 5.64. The second-order valence-electron chi connectivity index (χ2n) is 5.71. The van der Waals surface area contributed by atoms with E-state index in [-0.39, 0.29) is 11.2 Å². The molecule has 106 valence electrons. The van der Waals surface area contributed by atoms with Crippen LogP contribution in [-0.2, 0) is 11.8 Å². The molecule has 0 aliphatic rings. The summed E-state index contributed by atoms with van der Waals surface area (Å²) in [5.74, 6) is 0.244. The van der Waals surface area contributed by atoms with Gasteiger partial charge in [-0.05, 0) is 36.0 Å². The minimum Gasteiger partial charge on any atom is -0.508 e. The van der Waals surface area contributed by atoms with Gasteiger partial charge in [-0.2, -0.15) is 0 Å².